The first-order valence-corrected chi connectivity index (χ1v) is 8.09. The molecule has 0 saturated carbocycles. The van der Waals surface area contributed by atoms with Gasteiger partial charge in [-0.25, -0.2) is 0 Å². The number of rotatable bonds is 5. The molecule has 1 unspecified atom stereocenters. The zero-order valence-electron chi connectivity index (χ0n) is 14.1. The first kappa shape index (κ1) is 18.6. The second-order valence-electron chi connectivity index (χ2n) is 5.93. The van der Waals surface area contributed by atoms with Crippen molar-refractivity contribution >= 4 is 12.4 Å². The van der Waals surface area contributed by atoms with E-state index in [1.807, 2.05) is 43.3 Å². The molecule has 1 aromatic carbocycles. The van der Waals surface area contributed by atoms with Gasteiger partial charge in [0.1, 0.15) is 6.10 Å². The number of ether oxygens (including phenoxy) is 2. The molecule has 0 amide bonds. The van der Waals surface area contributed by atoms with Crippen molar-refractivity contribution in [2.24, 2.45) is 0 Å². The number of halogens is 1. The zero-order chi connectivity index (χ0) is 16.1. The lowest BCUT2D eigenvalue weighted by Gasteiger charge is -2.29. The van der Waals surface area contributed by atoms with Crippen LogP contribution in [0.2, 0.25) is 0 Å². The summed E-state index contributed by atoms with van der Waals surface area (Å²) in [4.78, 5) is 2.36. The summed E-state index contributed by atoms with van der Waals surface area (Å²) in [6.07, 6.45) is 0.0728. The number of aryl methyl sites for hydroxylation is 1. The van der Waals surface area contributed by atoms with Crippen LogP contribution in [0.1, 0.15) is 12.5 Å². The molecule has 1 saturated heterocycles. The SMILES string of the molecule is Cc1cc(-c2ccccc2)nnc1OC(C)CN1CCOCC1.Cl. The number of morpholine rings is 1. The highest BCUT2D eigenvalue weighted by molar-refractivity contribution is 5.85. The van der Waals surface area contributed by atoms with E-state index in [2.05, 4.69) is 22.0 Å². The van der Waals surface area contributed by atoms with Crippen molar-refractivity contribution in [3.05, 3.63) is 42.0 Å². The standard InChI is InChI=1S/C18H23N3O2.ClH/c1-14-12-17(16-6-4-3-5-7-16)19-20-18(14)23-15(2)13-21-8-10-22-11-9-21;/h3-7,12,15H,8-11,13H2,1-2H3;1H. The topological polar surface area (TPSA) is 47.5 Å². The van der Waals surface area contributed by atoms with Gasteiger partial charge in [-0.15, -0.1) is 22.6 Å². The average molecular weight is 350 g/mol. The summed E-state index contributed by atoms with van der Waals surface area (Å²) in [5.41, 5.74) is 2.94. The molecule has 2 heterocycles. The third kappa shape index (κ3) is 4.90. The minimum absolute atomic E-state index is 0. The Morgan fingerprint density at radius 1 is 1.17 bits per heavy atom. The molecular weight excluding hydrogens is 326 g/mol. The van der Waals surface area contributed by atoms with Gasteiger partial charge in [0, 0.05) is 30.8 Å². The van der Waals surface area contributed by atoms with E-state index in [9.17, 15) is 0 Å². The van der Waals surface area contributed by atoms with Gasteiger partial charge in [-0.3, -0.25) is 4.90 Å². The van der Waals surface area contributed by atoms with Crippen LogP contribution in [0.5, 0.6) is 5.88 Å². The zero-order valence-corrected chi connectivity index (χ0v) is 15.0. The van der Waals surface area contributed by atoms with Crippen LogP contribution in [0, 0.1) is 6.92 Å². The van der Waals surface area contributed by atoms with Gasteiger partial charge in [-0.1, -0.05) is 30.3 Å². The van der Waals surface area contributed by atoms with Crippen LogP contribution in [-0.2, 0) is 4.74 Å². The van der Waals surface area contributed by atoms with Gasteiger partial charge >= 0.3 is 0 Å². The molecule has 1 aliphatic rings. The molecule has 1 fully saturated rings. The highest BCUT2D eigenvalue weighted by Gasteiger charge is 2.16. The van der Waals surface area contributed by atoms with Gasteiger partial charge in [0.15, 0.2) is 0 Å². The largest absolute Gasteiger partial charge is 0.472 e. The molecule has 1 aromatic heterocycles. The fraction of sp³-hybridized carbons (Fsp3) is 0.444. The Bertz CT molecular complexity index is 633. The predicted octanol–water partition coefficient (Wildman–Crippen LogP) is 2.97. The summed E-state index contributed by atoms with van der Waals surface area (Å²) in [5, 5.41) is 8.57. The molecule has 2 aromatic rings. The van der Waals surface area contributed by atoms with Crippen molar-refractivity contribution in [1.82, 2.24) is 15.1 Å². The average Bonchev–Trinajstić information content (AvgIpc) is 2.58. The molecule has 1 aliphatic heterocycles. The molecule has 0 radical (unpaired) electrons. The molecule has 24 heavy (non-hydrogen) atoms. The molecule has 6 heteroatoms. The quantitative estimate of drug-likeness (QED) is 0.830. The normalized spacial score (nSPS) is 16.2. The lowest BCUT2D eigenvalue weighted by atomic mass is 10.1. The van der Waals surface area contributed by atoms with Gasteiger partial charge in [0.25, 0.3) is 0 Å². The van der Waals surface area contributed by atoms with Crippen molar-refractivity contribution < 1.29 is 9.47 Å². The van der Waals surface area contributed by atoms with E-state index in [0.29, 0.717) is 5.88 Å². The van der Waals surface area contributed by atoms with Crippen LogP contribution in [0.25, 0.3) is 11.3 Å². The van der Waals surface area contributed by atoms with Crippen LogP contribution in [0.4, 0.5) is 0 Å². The summed E-state index contributed by atoms with van der Waals surface area (Å²) < 4.78 is 11.4. The van der Waals surface area contributed by atoms with E-state index in [1.165, 1.54) is 0 Å². The molecular formula is C18H24ClN3O2. The molecule has 0 aliphatic carbocycles. The smallest absolute Gasteiger partial charge is 0.236 e. The van der Waals surface area contributed by atoms with Crippen molar-refractivity contribution in [2.45, 2.75) is 20.0 Å². The van der Waals surface area contributed by atoms with Crippen LogP contribution in [0.15, 0.2) is 36.4 Å². The second-order valence-corrected chi connectivity index (χ2v) is 5.93. The summed E-state index contributed by atoms with van der Waals surface area (Å²) in [7, 11) is 0. The first-order chi connectivity index (χ1) is 11.2. The number of benzene rings is 1. The van der Waals surface area contributed by atoms with Crippen LogP contribution in [-0.4, -0.2) is 54.0 Å². The van der Waals surface area contributed by atoms with Crippen LogP contribution < -0.4 is 4.74 Å². The fourth-order valence-electron chi connectivity index (χ4n) is 2.72. The summed E-state index contributed by atoms with van der Waals surface area (Å²) in [6, 6.07) is 12.1. The van der Waals surface area contributed by atoms with Crippen molar-refractivity contribution in [2.75, 3.05) is 32.8 Å². The Kier molecular flexibility index (Phi) is 6.97. The van der Waals surface area contributed by atoms with E-state index in [4.69, 9.17) is 9.47 Å². The maximum absolute atomic E-state index is 5.98. The van der Waals surface area contributed by atoms with Gasteiger partial charge in [0.05, 0.1) is 18.9 Å². The minimum atomic E-state index is 0. The Balaban J connectivity index is 0.00000208. The van der Waals surface area contributed by atoms with Gasteiger partial charge < -0.3 is 9.47 Å². The molecule has 1 atom stereocenters. The van der Waals surface area contributed by atoms with Gasteiger partial charge in [-0.2, -0.15) is 0 Å². The Morgan fingerprint density at radius 2 is 1.88 bits per heavy atom. The molecule has 0 bridgehead atoms. The lowest BCUT2D eigenvalue weighted by Crippen LogP contribution is -2.41. The number of hydrogen-bond acceptors (Lipinski definition) is 5. The molecule has 5 nitrogen and oxygen atoms in total. The summed E-state index contributed by atoms with van der Waals surface area (Å²) in [5.74, 6) is 0.616. The molecule has 3 rings (SSSR count). The lowest BCUT2D eigenvalue weighted by molar-refractivity contribution is 0.0211. The summed E-state index contributed by atoms with van der Waals surface area (Å²) >= 11 is 0. The Morgan fingerprint density at radius 3 is 2.54 bits per heavy atom. The third-order valence-electron chi connectivity index (χ3n) is 3.94. The van der Waals surface area contributed by atoms with E-state index >= 15 is 0 Å². The first-order valence-electron chi connectivity index (χ1n) is 8.09. The van der Waals surface area contributed by atoms with Gasteiger partial charge in [-0.05, 0) is 19.9 Å². The monoisotopic (exact) mass is 349 g/mol. The van der Waals surface area contributed by atoms with E-state index in [1.54, 1.807) is 0 Å². The minimum Gasteiger partial charge on any atom is -0.472 e. The Hall–Kier alpha value is -1.69. The number of nitrogens with zero attached hydrogens (tertiary/aromatic N) is 3. The van der Waals surface area contributed by atoms with Crippen molar-refractivity contribution in [3.63, 3.8) is 0 Å². The fourth-order valence-corrected chi connectivity index (χ4v) is 2.72. The van der Waals surface area contributed by atoms with E-state index < -0.39 is 0 Å². The molecule has 130 valence electrons. The predicted molar refractivity (Wildman–Crippen MR) is 96.8 cm³/mol. The van der Waals surface area contributed by atoms with Crippen LogP contribution >= 0.6 is 12.4 Å². The van der Waals surface area contributed by atoms with E-state index in [0.717, 1.165) is 49.7 Å². The third-order valence-corrected chi connectivity index (χ3v) is 3.94. The molecule has 0 N–H and O–H groups in total. The number of aromatic nitrogens is 2. The maximum atomic E-state index is 5.98. The highest BCUT2D eigenvalue weighted by atomic mass is 35.5. The summed E-state index contributed by atoms with van der Waals surface area (Å²) in [6.45, 7) is 8.50. The number of hydrogen-bond donors (Lipinski definition) is 0. The maximum Gasteiger partial charge on any atom is 0.236 e. The van der Waals surface area contributed by atoms with Crippen molar-refractivity contribution in [1.29, 1.82) is 0 Å². The van der Waals surface area contributed by atoms with Crippen molar-refractivity contribution in [3.8, 4) is 17.1 Å². The highest BCUT2D eigenvalue weighted by Crippen LogP contribution is 2.22. The van der Waals surface area contributed by atoms with E-state index in [-0.39, 0.29) is 18.5 Å². The second kappa shape index (κ2) is 8.97. The Labute approximate surface area is 149 Å². The van der Waals surface area contributed by atoms with Crippen LogP contribution in [0.3, 0.4) is 0 Å². The van der Waals surface area contributed by atoms with Gasteiger partial charge in [0.2, 0.25) is 5.88 Å². The molecule has 0 spiro atoms.